The number of hydrogen-bond donors (Lipinski definition) is 3. The molecule has 1 atom stereocenters. The number of carbonyl (C=O) groups is 1. The Hall–Kier alpha value is -3.68. The number of pyridine rings is 1. The fraction of sp³-hybridized carbons (Fsp3) is 0.111. The molecule has 3 aromatic heterocycles. The van der Waals surface area contributed by atoms with E-state index >= 15 is 0 Å². The molecular weight excluding hydrogens is 332 g/mol. The third kappa shape index (κ3) is 3.00. The van der Waals surface area contributed by atoms with Crippen molar-refractivity contribution in [2.75, 3.05) is 0 Å². The lowest BCUT2D eigenvalue weighted by molar-refractivity contribution is 0.0939. The molecule has 8 nitrogen and oxygen atoms in total. The van der Waals surface area contributed by atoms with Crippen LogP contribution < -0.4 is 11.0 Å². The minimum atomic E-state index is -0.252. The minimum Gasteiger partial charge on any atom is -0.346 e. The van der Waals surface area contributed by atoms with E-state index < -0.39 is 0 Å². The maximum absolute atomic E-state index is 12.6. The SMILES string of the molecule is C[C@H](NC(=O)c1ccnc(-n2ccnc2)c1)c1ccc2[nH]c(=O)[nH]c2c1. The van der Waals surface area contributed by atoms with Crippen LogP contribution in [0.4, 0.5) is 0 Å². The number of nitrogens with one attached hydrogen (secondary N) is 3. The van der Waals surface area contributed by atoms with Crippen LogP contribution in [0.3, 0.4) is 0 Å². The van der Waals surface area contributed by atoms with Crippen molar-refractivity contribution in [3.8, 4) is 5.82 Å². The quantitative estimate of drug-likeness (QED) is 0.523. The molecule has 3 heterocycles. The lowest BCUT2D eigenvalue weighted by atomic mass is 10.1. The second-order valence-corrected chi connectivity index (χ2v) is 5.95. The summed E-state index contributed by atoms with van der Waals surface area (Å²) in [4.78, 5) is 37.6. The van der Waals surface area contributed by atoms with Crippen molar-refractivity contribution in [3.05, 3.63) is 76.9 Å². The standard InChI is InChI=1S/C18H16N6O2/c1-11(12-2-3-14-15(8-12)23-18(26)22-14)21-17(25)13-4-5-20-16(9-13)24-7-6-19-10-24/h2-11H,1H3,(H,21,25)(H2,22,23,26)/t11-/m0/s1. The summed E-state index contributed by atoms with van der Waals surface area (Å²) in [6.45, 7) is 1.89. The molecule has 3 N–H and O–H groups in total. The third-order valence-electron chi connectivity index (χ3n) is 4.16. The summed E-state index contributed by atoms with van der Waals surface area (Å²) in [5.74, 6) is 0.415. The Bertz CT molecular complexity index is 1130. The van der Waals surface area contributed by atoms with Crippen LogP contribution in [0.1, 0.15) is 28.9 Å². The van der Waals surface area contributed by atoms with Crippen molar-refractivity contribution in [1.82, 2.24) is 29.8 Å². The first kappa shape index (κ1) is 15.8. The molecule has 4 rings (SSSR count). The molecule has 0 bridgehead atoms. The van der Waals surface area contributed by atoms with Crippen molar-refractivity contribution in [3.63, 3.8) is 0 Å². The van der Waals surface area contributed by atoms with E-state index in [0.29, 0.717) is 16.9 Å². The smallest absolute Gasteiger partial charge is 0.323 e. The zero-order valence-electron chi connectivity index (χ0n) is 13.9. The van der Waals surface area contributed by atoms with Gasteiger partial charge in [-0.05, 0) is 36.8 Å². The number of aromatic nitrogens is 5. The maximum Gasteiger partial charge on any atom is 0.323 e. The molecule has 0 aliphatic carbocycles. The number of H-pyrrole nitrogens is 2. The van der Waals surface area contributed by atoms with Crippen molar-refractivity contribution >= 4 is 16.9 Å². The second kappa shape index (κ2) is 6.32. The molecule has 0 saturated carbocycles. The van der Waals surface area contributed by atoms with Gasteiger partial charge in [-0.3, -0.25) is 9.36 Å². The molecule has 1 aromatic carbocycles. The first-order valence-corrected chi connectivity index (χ1v) is 8.07. The molecule has 0 aliphatic heterocycles. The van der Waals surface area contributed by atoms with Gasteiger partial charge in [0.15, 0.2) is 0 Å². The zero-order chi connectivity index (χ0) is 18.1. The Morgan fingerprint density at radius 3 is 2.81 bits per heavy atom. The summed E-state index contributed by atoms with van der Waals surface area (Å²) >= 11 is 0. The largest absolute Gasteiger partial charge is 0.346 e. The number of fused-ring (bicyclic) bond motifs is 1. The van der Waals surface area contributed by atoms with Crippen molar-refractivity contribution in [1.29, 1.82) is 0 Å². The van der Waals surface area contributed by atoms with E-state index in [-0.39, 0.29) is 17.6 Å². The second-order valence-electron chi connectivity index (χ2n) is 5.95. The summed E-state index contributed by atoms with van der Waals surface area (Å²) in [5, 5.41) is 2.96. The van der Waals surface area contributed by atoms with Crippen LogP contribution in [-0.4, -0.2) is 30.4 Å². The number of rotatable bonds is 4. The number of aromatic amines is 2. The molecule has 0 saturated heterocycles. The molecule has 0 fully saturated rings. The Balaban J connectivity index is 1.55. The average molecular weight is 348 g/mol. The van der Waals surface area contributed by atoms with E-state index in [1.165, 1.54) is 0 Å². The third-order valence-corrected chi connectivity index (χ3v) is 4.16. The molecule has 0 aliphatic rings. The van der Waals surface area contributed by atoms with E-state index in [4.69, 9.17) is 0 Å². The van der Waals surface area contributed by atoms with Crippen LogP contribution in [-0.2, 0) is 0 Å². The Labute approximate surface area is 147 Å². The molecule has 0 unspecified atom stereocenters. The van der Waals surface area contributed by atoms with Gasteiger partial charge in [0.25, 0.3) is 5.91 Å². The van der Waals surface area contributed by atoms with E-state index in [1.54, 1.807) is 41.6 Å². The van der Waals surface area contributed by atoms with Crippen molar-refractivity contribution in [2.24, 2.45) is 0 Å². The van der Waals surface area contributed by atoms with E-state index in [9.17, 15) is 9.59 Å². The molecule has 4 aromatic rings. The highest BCUT2D eigenvalue weighted by Crippen LogP contribution is 2.18. The Kier molecular flexibility index (Phi) is 3.85. The van der Waals surface area contributed by atoms with Crippen LogP contribution in [0.2, 0.25) is 0 Å². The van der Waals surface area contributed by atoms with Crippen LogP contribution in [0.15, 0.2) is 60.0 Å². The predicted molar refractivity (Wildman–Crippen MR) is 96.2 cm³/mol. The fourth-order valence-corrected chi connectivity index (χ4v) is 2.78. The normalized spacial score (nSPS) is 12.2. The van der Waals surface area contributed by atoms with Gasteiger partial charge < -0.3 is 15.3 Å². The molecule has 130 valence electrons. The van der Waals surface area contributed by atoms with Crippen LogP contribution in [0.25, 0.3) is 16.9 Å². The molecule has 26 heavy (non-hydrogen) atoms. The van der Waals surface area contributed by atoms with Gasteiger partial charge in [0.1, 0.15) is 12.1 Å². The van der Waals surface area contributed by atoms with Gasteiger partial charge in [0.2, 0.25) is 0 Å². The molecule has 0 spiro atoms. The number of amides is 1. The van der Waals surface area contributed by atoms with Gasteiger partial charge in [0, 0.05) is 24.2 Å². The molecule has 1 amide bonds. The number of hydrogen-bond acceptors (Lipinski definition) is 4. The van der Waals surface area contributed by atoms with Crippen molar-refractivity contribution < 1.29 is 4.79 Å². The summed E-state index contributed by atoms with van der Waals surface area (Å²) in [5.41, 5.74) is 2.59. The van der Waals surface area contributed by atoms with E-state index in [0.717, 1.165) is 11.1 Å². The van der Waals surface area contributed by atoms with Gasteiger partial charge in [0.05, 0.1) is 17.1 Å². The summed E-state index contributed by atoms with van der Waals surface area (Å²) in [6.07, 6.45) is 6.63. The van der Waals surface area contributed by atoms with Gasteiger partial charge in [-0.15, -0.1) is 0 Å². The fourth-order valence-electron chi connectivity index (χ4n) is 2.78. The van der Waals surface area contributed by atoms with Gasteiger partial charge in [-0.2, -0.15) is 0 Å². The molecular formula is C18H16N6O2. The summed E-state index contributed by atoms with van der Waals surface area (Å²) < 4.78 is 1.73. The van der Waals surface area contributed by atoms with Crippen molar-refractivity contribution in [2.45, 2.75) is 13.0 Å². The summed E-state index contributed by atoms with van der Waals surface area (Å²) in [6, 6.07) is 8.68. The number of nitrogens with zero attached hydrogens (tertiary/aromatic N) is 3. The number of carbonyl (C=O) groups excluding carboxylic acids is 1. The zero-order valence-corrected chi connectivity index (χ0v) is 13.9. The van der Waals surface area contributed by atoms with Crippen LogP contribution in [0, 0.1) is 0 Å². The highest BCUT2D eigenvalue weighted by atomic mass is 16.2. The molecule has 8 heteroatoms. The Morgan fingerprint density at radius 2 is 2.00 bits per heavy atom. The minimum absolute atomic E-state index is 0.205. The predicted octanol–water partition coefficient (Wildman–Crippen LogP) is 1.93. The number of benzene rings is 1. The topological polar surface area (TPSA) is 108 Å². The molecule has 0 radical (unpaired) electrons. The lowest BCUT2D eigenvalue weighted by Crippen LogP contribution is -2.26. The monoisotopic (exact) mass is 348 g/mol. The number of imidazole rings is 2. The first-order valence-electron chi connectivity index (χ1n) is 8.07. The van der Waals surface area contributed by atoms with E-state index in [1.807, 2.05) is 25.1 Å². The average Bonchev–Trinajstić information content (AvgIpc) is 3.29. The van der Waals surface area contributed by atoms with E-state index in [2.05, 4.69) is 25.3 Å². The maximum atomic E-state index is 12.6. The van der Waals surface area contributed by atoms with Gasteiger partial charge >= 0.3 is 5.69 Å². The highest BCUT2D eigenvalue weighted by Gasteiger charge is 2.13. The van der Waals surface area contributed by atoms with Crippen LogP contribution >= 0.6 is 0 Å². The first-order chi connectivity index (χ1) is 12.6. The van der Waals surface area contributed by atoms with Gasteiger partial charge in [-0.1, -0.05) is 6.07 Å². The Morgan fingerprint density at radius 1 is 1.15 bits per heavy atom. The summed E-state index contributed by atoms with van der Waals surface area (Å²) in [7, 11) is 0. The lowest BCUT2D eigenvalue weighted by Gasteiger charge is -2.15. The highest BCUT2D eigenvalue weighted by molar-refractivity contribution is 5.94. The van der Waals surface area contributed by atoms with Crippen LogP contribution in [0.5, 0.6) is 0 Å². The van der Waals surface area contributed by atoms with Gasteiger partial charge in [-0.25, -0.2) is 14.8 Å².